The molecule has 0 aliphatic carbocycles. The molecule has 2 nitrogen and oxygen atoms in total. The van der Waals surface area contributed by atoms with Crippen molar-refractivity contribution in [2.75, 3.05) is 0 Å². The number of hydrogen-bond donors (Lipinski definition) is 0. The molecule has 0 aliphatic rings. The highest BCUT2D eigenvalue weighted by Gasteiger charge is 2.11. The molecule has 21 heavy (non-hydrogen) atoms. The zero-order valence-electron chi connectivity index (χ0n) is 14.8. The van der Waals surface area contributed by atoms with Gasteiger partial charge in [0.1, 0.15) is 6.10 Å². The maximum atomic E-state index is 11.7. The van der Waals surface area contributed by atoms with Gasteiger partial charge < -0.3 is 4.74 Å². The van der Waals surface area contributed by atoms with E-state index in [9.17, 15) is 4.79 Å². The summed E-state index contributed by atoms with van der Waals surface area (Å²) in [5.74, 6) is 0.00913. The largest absolute Gasteiger partial charge is 0.462 e. The molecule has 0 saturated carbocycles. The standard InChI is InChI=1S/C19H38O2/c1-4-7-9-10-11-12-13-15-16-18(6-3)21-19(20)17-14-8-5-2/h18H,4-17H2,1-3H3. The van der Waals surface area contributed by atoms with E-state index in [1.807, 2.05) is 0 Å². The summed E-state index contributed by atoms with van der Waals surface area (Å²) in [5, 5.41) is 0. The lowest BCUT2D eigenvalue weighted by Crippen LogP contribution is -2.17. The van der Waals surface area contributed by atoms with Crippen molar-refractivity contribution >= 4 is 5.97 Å². The number of rotatable bonds is 15. The lowest BCUT2D eigenvalue weighted by molar-refractivity contribution is -0.149. The highest BCUT2D eigenvalue weighted by molar-refractivity contribution is 5.69. The molecule has 0 amide bonds. The van der Waals surface area contributed by atoms with E-state index in [2.05, 4.69) is 20.8 Å². The Bertz CT molecular complexity index is 226. The first-order valence-corrected chi connectivity index (χ1v) is 9.44. The molecule has 1 atom stereocenters. The predicted octanol–water partition coefficient (Wildman–Crippen LogP) is 6.42. The second-order valence-electron chi connectivity index (χ2n) is 6.24. The van der Waals surface area contributed by atoms with Gasteiger partial charge in [0.05, 0.1) is 0 Å². The van der Waals surface area contributed by atoms with Gasteiger partial charge in [0.15, 0.2) is 0 Å². The lowest BCUT2D eigenvalue weighted by Gasteiger charge is -2.16. The summed E-state index contributed by atoms with van der Waals surface area (Å²) in [5.41, 5.74) is 0. The molecule has 0 aromatic carbocycles. The Morgan fingerprint density at radius 3 is 1.86 bits per heavy atom. The van der Waals surface area contributed by atoms with Crippen molar-refractivity contribution in [2.24, 2.45) is 0 Å². The van der Waals surface area contributed by atoms with Gasteiger partial charge in [0.2, 0.25) is 0 Å². The summed E-state index contributed by atoms with van der Waals surface area (Å²) >= 11 is 0. The fourth-order valence-corrected chi connectivity index (χ4v) is 2.62. The molecule has 0 N–H and O–H groups in total. The minimum absolute atomic E-state index is 0.00913. The van der Waals surface area contributed by atoms with Gasteiger partial charge in [-0.2, -0.15) is 0 Å². The first-order valence-electron chi connectivity index (χ1n) is 9.44. The molecule has 2 heteroatoms. The van der Waals surface area contributed by atoms with E-state index in [1.165, 1.54) is 51.4 Å². The summed E-state index contributed by atoms with van der Waals surface area (Å²) in [7, 11) is 0. The average Bonchev–Trinajstić information content (AvgIpc) is 2.49. The quantitative estimate of drug-likeness (QED) is 0.257. The second-order valence-corrected chi connectivity index (χ2v) is 6.24. The van der Waals surface area contributed by atoms with Crippen LogP contribution in [0.25, 0.3) is 0 Å². The van der Waals surface area contributed by atoms with Crippen LogP contribution in [-0.4, -0.2) is 12.1 Å². The summed E-state index contributed by atoms with van der Waals surface area (Å²) in [6, 6.07) is 0. The fraction of sp³-hybridized carbons (Fsp3) is 0.947. The fourth-order valence-electron chi connectivity index (χ4n) is 2.62. The number of carbonyl (C=O) groups is 1. The van der Waals surface area contributed by atoms with Gasteiger partial charge in [0.25, 0.3) is 0 Å². The number of esters is 1. The zero-order valence-corrected chi connectivity index (χ0v) is 14.8. The summed E-state index contributed by atoms with van der Waals surface area (Å²) in [6.45, 7) is 6.53. The van der Waals surface area contributed by atoms with E-state index in [0.717, 1.165) is 32.1 Å². The van der Waals surface area contributed by atoms with Gasteiger partial charge in [-0.25, -0.2) is 0 Å². The van der Waals surface area contributed by atoms with E-state index in [0.29, 0.717) is 6.42 Å². The monoisotopic (exact) mass is 298 g/mol. The smallest absolute Gasteiger partial charge is 0.306 e. The van der Waals surface area contributed by atoms with E-state index in [4.69, 9.17) is 4.74 Å². The van der Waals surface area contributed by atoms with Gasteiger partial charge >= 0.3 is 5.97 Å². The third-order valence-electron chi connectivity index (χ3n) is 4.12. The molecule has 0 aromatic rings. The summed E-state index contributed by atoms with van der Waals surface area (Å²) in [6.07, 6.45) is 16.7. The van der Waals surface area contributed by atoms with Crippen LogP contribution < -0.4 is 0 Å². The Morgan fingerprint density at radius 1 is 0.762 bits per heavy atom. The molecule has 0 fully saturated rings. The van der Waals surface area contributed by atoms with Crippen LogP contribution in [0.5, 0.6) is 0 Å². The number of unbranched alkanes of at least 4 members (excludes halogenated alkanes) is 9. The van der Waals surface area contributed by atoms with E-state index >= 15 is 0 Å². The van der Waals surface area contributed by atoms with Crippen LogP contribution in [0.3, 0.4) is 0 Å². The molecule has 0 radical (unpaired) electrons. The molecular weight excluding hydrogens is 260 g/mol. The van der Waals surface area contributed by atoms with E-state index in [1.54, 1.807) is 0 Å². The minimum atomic E-state index is 0.00913. The lowest BCUT2D eigenvalue weighted by atomic mass is 10.0. The van der Waals surface area contributed by atoms with Crippen molar-refractivity contribution in [2.45, 2.75) is 117 Å². The van der Waals surface area contributed by atoms with Crippen LogP contribution in [0.4, 0.5) is 0 Å². The Balaban J connectivity index is 3.50. The molecule has 0 rings (SSSR count). The van der Waals surface area contributed by atoms with Crippen molar-refractivity contribution < 1.29 is 9.53 Å². The van der Waals surface area contributed by atoms with Crippen molar-refractivity contribution in [3.05, 3.63) is 0 Å². The zero-order chi connectivity index (χ0) is 15.8. The molecular formula is C19H38O2. The van der Waals surface area contributed by atoms with E-state index in [-0.39, 0.29) is 12.1 Å². The van der Waals surface area contributed by atoms with Crippen LogP contribution in [0, 0.1) is 0 Å². The highest BCUT2D eigenvalue weighted by Crippen LogP contribution is 2.14. The first-order chi connectivity index (χ1) is 10.2. The van der Waals surface area contributed by atoms with Gasteiger partial charge in [0, 0.05) is 6.42 Å². The topological polar surface area (TPSA) is 26.3 Å². The minimum Gasteiger partial charge on any atom is -0.462 e. The van der Waals surface area contributed by atoms with Gasteiger partial charge in [-0.15, -0.1) is 0 Å². The Kier molecular flexibility index (Phi) is 15.5. The van der Waals surface area contributed by atoms with Gasteiger partial charge in [-0.1, -0.05) is 78.6 Å². The molecule has 0 bridgehead atoms. The molecule has 0 aliphatic heterocycles. The van der Waals surface area contributed by atoms with Crippen LogP contribution >= 0.6 is 0 Å². The summed E-state index contributed by atoms with van der Waals surface area (Å²) < 4.78 is 5.57. The predicted molar refractivity (Wildman–Crippen MR) is 91.5 cm³/mol. The molecule has 0 saturated heterocycles. The SMILES string of the molecule is CCCCCCCCCCC(CC)OC(=O)CCCCC. The third-order valence-corrected chi connectivity index (χ3v) is 4.12. The van der Waals surface area contributed by atoms with Gasteiger partial charge in [-0.3, -0.25) is 4.79 Å². The van der Waals surface area contributed by atoms with Crippen LogP contribution in [0.1, 0.15) is 111 Å². The Labute approximate surface area is 133 Å². The van der Waals surface area contributed by atoms with Crippen molar-refractivity contribution in [3.8, 4) is 0 Å². The third kappa shape index (κ3) is 14.2. The maximum Gasteiger partial charge on any atom is 0.306 e. The number of ether oxygens (including phenoxy) is 1. The molecule has 0 spiro atoms. The molecule has 0 aromatic heterocycles. The van der Waals surface area contributed by atoms with Crippen molar-refractivity contribution in [3.63, 3.8) is 0 Å². The molecule has 1 unspecified atom stereocenters. The first kappa shape index (κ1) is 20.5. The molecule has 126 valence electrons. The number of hydrogen-bond acceptors (Lipinski definition) is 2. The van der Waals surface area contributed by atoms with Crippen LogP contribution in [0.15, 0.2) is 0 Å². The van der Waals surface area contributed by atoms with Gasteiger partial charge in [-0.05, 0) is 25.7 Å². The van der Waals surface area contributed by atoms with Crippen molar-refractivity contribution in [1.82, 2.24) is 0 Å². The van der Waals surface area contributed by atoms with E-state index < -0.39 is 0 Å². The molecule has 0 heterocycles. The number of carbonyl (C=O) groups excluding carboxylic acids is 1. The highest BCUT2D eigenvalue weighted by atomic mass is 16.5. The Morgan fingerprint density at radius 2 is 1.29 bits per heavy atom. The van der Waals surface area contributed by atoms with Crippen LogP contribution in [0.2, 0.25) is 0 Å². The summed E-state index contributed by atoms with van der Waals surface area (Å²) in [4.78, 5) is 11.7. The van der Waals surface area contributed by atoms with Crippen molar-refractivity contribution in [1.29, 1.82) is 0 Å². The normalized spacial score (nSPS) is 12.3. The maximum absolute atomic E-state index is 11.7. The second kappa shape index (κ2) is 15.9. The average molecular weight is 299 g/mol. The Hall–Kier alpha value is -0.530. The van der Waals surface area contributed by atoms with Crippen LogP contribution in [-0.2, 0) is 9.53 Å².